The number of imide groups is 1. The Morgan fingerprint density at radius 1 is 1.47 bits per heavy atom. The molecule has 0 radical (unpaired) electrons. The number of thiocarbonyl (C=S) groups is 1. The van der Waals surface area contributed by atoms with E-state index >= 15 is 0 Å². The van der Waals surface area contributed by atoms with Crippen LogP contribution in [-0.4, -0.2) is 33.9 Å². The molecule has 0 bridgehead atoms. The van der Waals surface area contributed by atoms with E-state index in [1.54, 1.807) is 30.9 Å². The Hall–Kier alpha value is -2.02. The van der Waals surface area contributed by atoms with Crippen LogP contribution in [0.15, 0.2) is 18.3 Å². The van der Waals surface area contributed by atoms with Crippen LogP contribution >= 0.6 is 12.2 Å². The van der Waals surface area contributed by atoms with E-state index in [2.05, 4.69) is 10.3 Å². The molecular formula is C12H14N4O2S. The van der Waals surface area contributed by atoms with Gasteiger partial charge in [-0.15, -0.1) is 0 Å². The number of rotatable bonds is 2. The molecule has 2 amide bonds. The van der Waals surface area contributed by atoms with Crippen LogP contribution in [0.5, 0.6) is 0 Å². The van der Waals surface area contributed by atoms with Gasteiger partial charge in [0, 0.05) is 11.8 Å². The summed E-state index contributed by atoms with van der Waals surface area (Å²) in [5.74, 6) is -0.151. The average molecular weight is 278 g/mol. The lowest BCUT2D eigenvalue weighted by Crippen LogP contribution is -2.64. The summed E-state index contributed by atoms with van der Waals surface area (Å²) in [5, 5.41) is 2.31. The quantitative estimate of drug-likeness (QED) is 0.583. The molecule has 7 heteroatoms. The van der Waals surface area contributed by atoms with E-state index in [4.69, 9.17) is 18.0 Å². The monoisotopic (exact) mass is 278 g/mol. The van der Waals surface area contributed by atoms with Gasteiger partial charge in [-0.3, -0.25) is 14.9 Å². The summed E-state index contributed by atoms with van der Waals surface area (Å²) < 4.78 is 0. The van der Waals surface area contributed by atoms with E-state index < -0.39 is 5.54 Å². The van der Waals surface area contributed by atoms with Crippen LogP contribution in [0.1, 0.15) is 19.4 Å². The number of carbonyl (C=O) groups excluding carboxylic acids is 2. The Balaban J connectivity index is 2.36. The van der Waals surface area contributed by atoms with Gasteiger partial charge in [0.15, 0.2) is 0 Å². The second kappa shape index (κ2) is 4.58. The first-order chi connectivity index (χ1) is 8.82. The van der Waals surface area contributed by atoms with Gasteiger partial charge >= 0.3 is 0 Å². The smallest absolute Gasteiger partial charge is 0.251 e. The van der Waals surface area contributed by atoms with Crippen molar-refractivity contribution in [3.8, 4) is 0 Å². The predicted octanol–water partition coefficient (Wildman–Crippen LogP) is -0.0428. The van der Waals surface area contributed by atoms with Crippen molar-refractivity contribution in [2.45, 2.75) is 19.4 Å². The fourth-order valence-corrected chi connectivity index (χ4v) is 1.96. The Bertz CT molecular complexity index is 553. The molecule has 100 valence electrons. The highest BCUT2D eigenvalue weighted by atomic mass is 32.1. The second-order valence-corrected chi connectivity index (χ2v) is 5.23. The van der Waals surface area contributed by atoms with Crippen molar-refractivity contribution >= 4 is 34.8 Å². The Morgan fingerprint density at radius 2 is 2.16 bits per heavy atom. The fourth-order valence-electron chi connectivity index (χ4n) is 1.84. The van der Waals surface area contributed by atoms with Crippen molar-refractivity contribution in [2.24, 2.45) is 5.73 Å². The minimum absolute atomic E-state index is 0.0815. The van der Waals surface area contributed by atoms with Gasteiger partial charge in [0.1, 0.15) is 16.3 Å². The molecule has 0 atom stereocenters. The molecule has 19 heavy (non-hydrogen) atoms. The van der Waals surface area contributed by atoms with Crippen molar-refractivity contribution in [1.82, 2.24) is 10.3 Å². The first-order valence-electron chi connectivity index (χ1n) is 5.70. The number of amides is 2. The Kier molecular flexibility index (Phi) is 3.23. The molecule has 0 spiro atoms. The van der Waals surface area contributed by atoms with E-state index in [0.717, 1.165) is 0 Å². The number of hydrogen-bond acceptors (Lipinski definition) is 5. The summed E-state index contributed by atoms with van der Waals surface area (Å²) in [6.45, 7) is 3.55. The number of hydrogen-bond donors (Lipinski definition) is 2. The highest BCUT2D eigenvalue weighted by molar-refractivity contribution is 7.80. The molecule has 6 nitrogen and oxygen atoms in total. The zero-order chi connectivity index (χ0) is 14.2. The van der Waals surface area contributed by atoms with Gasteiger partial charge < -0.3 is 10.6 Å². The van der Waals surface area contributed by atoms with Crippen molar-refractivity contribution in [3.05, 3.63) is 23.9 Å². The SMILES string of the molecule is CC1(C)C(=O)NC(=O)CN1c1ccc(C(N)=S)cn1. The van der Waals surface area contributed by atoms with Crippen LogP contribution in [0.4, 0.5) is 5.82 Å². The van der Waals surface area contributed by atoms with Gasteiger partial charge in [0.05, 0.1) is 6.54 Å². The molecule has 1 fully saturated rings. The largest absolute Gasteiger partial charge is 0.389 e. The lowest BCUT2D eigenvalue weighted by atomic mass is 9.98. The number of nitrogens with one attached hydrogen (secondary N) is 1. The summed E-state index contributed by atoms with van der Waals surface area (Å²) in [4.78, 5) is 29.4. The minimum Gasteiger partial charge on any atom is -0.389 e. The van der Waals surface area contributed by atoms with E-state index in [-0.39, 0.29) is 23.3 Å². The average Bonchev–Trinajstić information content (AvgIpc) is 2.34. The molecule has 1 aromatic rings. The molecule has 0 aliphatic carbocycles. The van der Waals surface area contributed by atoms with Crippen LogP contribution in [-0.2, 0) is 9.59 Å². The van der Waals surface area contributed by atoms with Crippen molar-refractivity contribution < 1.29 is 9.59 Å². The van der Waals surface area contributed by atoms with E-state index in [9.17, 15) is 9.59 Å². The van der Waals surface area contributed by atoms with Crippen LogP contribution in [0, 0.1) is 0 Å². The molecule has 0 saturated carbocycles. The first kappa shape index (κ1) is 13.4. The van der Waals surface area contributed by atoms with Crippen LogP contribution in [0.3, 0.4) is 0 Å². The zero-order valence-electron chi connectivity index (χ0n) is 10.6. The molecule has 0 aromatic carbocycles. The Morgan fingerprint density at radius 3 is 2.68 bits per heavy atom. The van der Waals surface area contributed by atoms with Crippen molar-refractivity contribution in [1.29, 1.82) is 0 Å². The number of anilines is 1. The van der Waals surface area contributed by atoms with E-state index in [0.29, 0.717) is 11.4 Å². The molecule has 3 N–H and O–H groups in total. The molecule has 2 heterocycles. The maximum atomic E-state index is 11.8. The summed E-state index contributed by atoms with van der Waals surface area (Å²) >= 11 is 4.85. The van der Waals surface area contributed by atoms with Gasteiger partial charge in [0.25, 0.3) is 5.91 Å². The lowest BCUT2D eigenvalue weighted by molar-refractivity contribution is -0.135. The highest BCUT2D eigenvalue weighted by Crippen LogP contribution is 2.24. The molecule has 1 aliphatic rings. The second-order valence-electron chi connectivity index (χ2n) is 4.79. The van der Waals surface area contributed by atoms with E-state index in [1.165, 1.54) is 6.20 Å². The van der Waals surface area contributed by atoms with E-state index in [1.807, 2.05) is 0 Å². The summed E-state index contributed by atoms with van der Waals surface area (Å²) in [6, 6.07) is 3.42. The van der Waals surface area contributed by atoms with Crippen molar-refractivity contribution in [2.75, 3.05) is 11.4 Å². The third-order valence-electron chi connectivity index (χ3n) is 3.09. The topological polar surface area (TPSA) is 88.3 Å². The normalized spacial score (nSPS) is 18.1. The van der Waals surface area contributed by atoms with Gasteiger partial charge in [-0.1, -0.05) is 12.2 Å². The number of nitrogens with two attached hydrogens (primary N) is 1. The molecule has 0 unspecified atom stereocenters. The predicted molar refractivity (Wildman–Crippen MR) is 74.7 cm³/mol. The molecule has 2 rings (SSSR count). The molecule has 1 saturated heterocycles. The summed E-state index contributed by atoms with van der Waals surface area (Å²) in [5.41, 5.74) is 5.30. The third kappa shape index (κ3) is 2.41. The maximum Gasteiger partial charge on any atom is 0.251 e. The molecule has 1 aliphatic heterocycles. The van der Waals surface area contributed by atoms with Crippen LogP contribution < -0.4 is 16.0 Å². The van der Waals surface area contributed by atoms with Gasteiger partial charge in [-0.25, -0.2) is 4.98 Å². The van der Waals surface area contributed by atoms with Crippen molar-refractivity contribution in [3.63, 3.8) is 0 Å². The number of nitrogens with zero attached hydrogens (tertiary/aromatic N) is 2. The lowest BCUT2D eigenvalue weighted by Gasteiger charge is -2.40. The van der Waals surface area contributed by atoms with Gasteiger partial charge in [-0.05, 0) is 26.0 Å². The van der Waals surface area contributed by atoms with Gasteiger partial charge in [0.2, 0.25) is 5.91 Å². The Labute approximate surface area is 116 Å². The minimum atomic E-state index is -0.842. The standard InChI is InChI=1S/C12H14N4O2S/c1-12(2)11(18)15-9(17)6-16(12)8-4-3-7(5-14-8)10(13)19/h3-5H,6H2,1-2H3,(H2,13,19)(H,15,17,18). The summed E-state index contributed by atoms with van der Waals surface area (Å²) in [6.07, 6.45) is 1.53. The van der Waals surface area contributed by atoms with Crippen LogP contribution in [0.25, 0.3) is 0 Å². The first-order valence-corrected chi connectivity index (χ1v) is 6.11. The maximum absolute atomic E-state index is 11.8. The summed E-state index contributed by atoms with van der Waals surface area (Å²) in [7, 11) is 0. The van der Waals surface area contributed by atoms with Gasteiger partial charge in [-0.2, -0.15) is 0 Å². The number of aromatic nitrogens is 1. The molecule has 1 aromatic heterocycles. The fraction of sp³-hybridized carbons (Fsp3) is 0.333. The number of piperazine rings is 1. The number of pyridine rings is 1. The van der Waals surface area contributed by atoms with Crippen LogP contribution in [0.2, 0.25) is 0 Å². The third-order valence-corrected chi connectivity index (χ3v) is 3.33. The zero-order valence-corrected chi connectivity index (χ0v) is 11.5. The number of carbonyl (C=O) groups is 2. The highest BCUT2D eigenvalue weighted by Gasteiger charge is 2.41. The molecular weight excluding hydrogens is 264 g/mol.